The predicted octanol–water partition coefficient (Wildman–Crippen LogP) is 5.45. The molecule has 0 aromatic heterocycles. The van der Waals surface area contributed by atoms with E-state index in [0.717, 1.165) is 37.3 Å². The van der Waals surface area contributed by atoms with Crippen molar-refractivity contribution in [3.8, 4) is 5.75 Å². The fraction of sp³-hybridized carbons (Fsp3) is 0.476. The molecule has 0 spiro atoms. The summed E-state index contributed by atoms with van der Waals surface area (Å²) in [6.07, 6.45) is 7.53. The zero-order chi connectivity index (χ0) is 21.7. The first-order chi connectivity index (χ1) is 14.4. The number of imide groups is 1. The summed E-state index contributed by atoms with van der Waals surface area (Å²) < 4.78 is 12.1. The molecule has 1 aliphatic heterocycles. The van der Waals surface area contributed by atoms with E-state index >= 15 is 0 Å². The van der Waals surface area contributed by atoms with E-state index in [2.05, 4.69) is 45.2 Å². The van der Waals surface area contributed by atoms with E-state index in [1.165, 1.54) is 24.2 Å². The number of hydrogen-bond acceptors (Lipinski definition) is 6. The number of esters is 1. The van der Waals surface area contributed by atoms with Crippen LogP contribution < -0.4 is 4.74 Å². The third-order valence-electron chi connectivity index (χ3n) is 5.00. The summed E-state index contributed by atoms with van der Waals surface area (Å²) in [5, 5.41) is -0.185. The highest BCUT2D eigenvalue weighted by Gasteiger charge is 2.36. The normalized spacial score (nSPS) is 18.9. The molecule has 30 heavy (non-hydrogen) atoms. The van der Waals surface area contributed by atoms with E-state index in [-0.39, 0.29) is 17.8 Å². The number of nitrogens with zero attached hydrogens (tertiary/aromatic N) is 1. The Morgan fingerprint density at radius 2 is 1.87 bits per heavy atom. The Morgan fingerprint density at radius 3 is 2.50 bits per heavy atom. The van der Waals surface area contributed by atoms with Crippen molar-refractivity contribution in [3.63, 3.8) is 0 Å². The molecule has 1 aromatic rings. The van der Waals surface area contributed by atoms with Crippen LogP contribution in [0.4, 0.5) is 4.79 Å². The molecule has 162 valence electrons. The summed E-state index contributed by atoms with van der Waals surface area (Å²) in [4.78, 5) is 38.6. The topological polar surface area (TPSA) is 72.9 Å². The lowest BCUT2D eigenvalue weighted by atomic mass is 9.89. The summed E-state index contributed by atoms with van der Waals surface area (Å²) in [5.41, 5.74) is 0.815. The van der Waals surface area contributed by atoms with Gasteiger partial charge in [-0.3, -0.25) is 14.5 Å². The summed E-state index contributed by atoms with van der Waals surface area (Å²) in [7, 11) is 0. The molecule has 0 radical (unpaired) electrons. The number of halogens is 2. The third kappa shape index (κ3) is 6.12. The summed E-state index contributed by atoms with van der Waals surface area (Å²) >= 11 is 5.27. The number of carbonyl (C=O) groups is 3. The van der Waals surface area contributed by atoms with Crippen LogP contribution in [0.1, 0.15) is 44.6 Å². The highest BCUT2D eigenvalue weighted by atomic mass is 127. The van der Waals surface area contributed by atoms with Crippen LogP contribution in [0.25, 0.3) is 6.08 Å². The van der Waals surface area contributed by atoms with E-state index < -0.39 is 5.97 Å². The number of rotatable bonds is 7. The molecular formula is C21H23I2NO5S. The number of benzene rings is 1. The number of thioether (sulfide) groups is 1. The molecule has 1 saturated carbocycles. The third-order valence-corrected chi connectivity index (χ3v) is 7.51. The molecule has 2 fully saturated rings. The summed E-state index contributed by atoms with van der Waals surface area (Å²) in [6, 6.07) is 3.75. The zero-order valence-electron chi connectivity index (χ0n) is 16.6. The van der Waals surface area contributed by atoms with Crippen molar-refractivity contribution in [1.82, 2.24) is 4.90 Å². The van der Waals surface area contributed by atoms with Crippen LogP contribution in [0.15, 0.2) is 17.0 Å². The molecule has 1 heterocycles. The Bertz CT molecular complexity index is 844. The van der Waals surface area contributed by atoms with Gasteiger partial charge in [0.05, 0.1) is 18.7 Å². The molecular weight excluding hydrogens is 632 g/mol. The molecule has 1 aromatic carbocycles. The maximum atomic E-state index is 12.8. The molecule has 2 amide bonds. The van der Waals surface area contributed by atoms with Crippen molar-refractivity contribution < 1.29 is 23.9 Å². The standard InChI is InChI=1S/C21H23I2NO5S/c1-2-28-18(25)12-29-19-15(22)8-14(9-16(19)23)10-17-20(26)24(21(27)30-17)11-13-6-4-3-5-7-13/h8-10,13H,2-7,11-12H2,1H3/b17-10+. The fourth-order valence-electron chi connectivity index (χ4n) is 3.57. The minimum atomic E-state index is -0.417. The zero-order valence-corrected chi connectivity index (χ0v) is 21.8. The van der Waals surface area contributed by atoms with Gasteiger partial charge in [0.2, 0.25) is 0 Å². The van der Waals surface area contributed by atoms with Gasteiger partial charge in [-0.05, 0) is 106 Å². The number of hydrogen-bond donors (Lipinski definition) is 0. The van der Waals surface area contributed by atoms with Gasteiger partial charge < -0.3 is 9.47 Å². The maximum absolute atomic E-state index is 12.8. The van der Waals surface area contributed by atoms with Gasteiger partial charge in [0, 0.05) is 6.54 Å². The second-order valence-electron chi connectivity index (χ2n) is 7.20. The van der Waals surface area contributed by atoms with Crippen molar-refractivity contribution >= 4 is 80.1 Å². The second-order valence-corrected chi connectivity index (χ2v) is 10.5. The van der Waals surface area contributed by atoms with Gasteiger partial charge in [-0.25, -0.2) is 4.79 Å². The molecule has 0 atom stereocenters. The molecule has 6 nitrogen and oxygen atoms in total. The van der Waals surface area contributed by atoms with Crippen LogP contribution >= 0.6 is 56.9 Å². The SMILES string of the molecule is CCOC(=O)COc1c(I)cc(/C=C2/SC(=O)N(CC3CCCCC3)C2=O)cc1I. The average Bonchev–Trinajstić information content (AvgIpc) is 2.96. The number of amides is 2. The van der Waals surface area contributed by atoms with Gasteiger partial charge in [0.1, 0.15) is 5.75 Å². The van der Waals surface area contributed by atoms with Crippen molar-refractivity contribution in [1.29, 1.82) is 0 Å². The van der Waals surface area contributed by atoms with Crippen molar-refractivity contribution in [2.75, 3.05) is 19.8 Å². The molecule has 0 unspecified atom stereocenters. The van der Waals surface area contributed by atoms with Crippen LogP contribution in [-0.2, 0) is 14.3 Å². The summed E-state index contributed by atoms with van der Waals surface area (Å²) in [5.74, 6) is 0.402. The lowest BCUT2D eigenvalue weighted by molar-refractivity contribution is -0.145. The van der Waals surface area contributed by atoms with E-state index in [1.807, 2.05) is 12.1 Å². The lowest BCUT2D eigenvalue weighted by Gasteiger charge is -2.25. The molecule has 2 aliphatic rings. The van der Waals surface area contributed by atoms with Gasteiger partial charge in [-0.1, -0.05) is 19.3 Å². The molecule has 0 bridgehead atoms. The molecule has 9 heteroatoms. The molecule has 3 rings (SSSR count). The van der Waals surface area contributed by atoms with Gasteiger partial charge in [0.15, 0.2) is 6.61 Å². The minimum absolute atomic E-state index is 0.154. The van der Waals surface area contributed by atoms with Crippen LogP contribution in [-0.4, -0.2) is 41.8 Å². The summed E-state index contributed by atoms with van der Waals surface area (Å²) in [6.45, 7) is 2.43. The largest absolute Gasteiger partial charge is 0.480 e. The predicted molar refractivity (Wildman–Crippen MR) is 133 cm³/mol. The van der Waals surface area contributed by atoms with Gasteiger partial charge in [-0.2, -0.15) is 0 Å². The van der Waals surface area contributed by atoms with Crippen LogP contribution in [0.3, 0.4) is 0 Å². The number of ether oxygens (including phenoxy) is 2. The van der Waals surface area contributed by atoms with E-state index in [4.69, 9.17) is 9.47 Å². The van der Waals surface area contributed by atoms with Gasteiger partial charge in [-0.15, -0.1) is 0 Å². The van der Waals surface area contributed by atoms with Crippen molar-refractivity contribution in [3.05, 3.63) is 29.7 Å². The Balaban J connectivity index is 1.70. The van der Waals surface area contributed by atoms with Gasteiger partial charge >= 0.3 is 5.97 Å². The highest BCUT2D eigenvalue weighted by Crippen LogP contribution is 2.36. The fourth-order valence-corrected chi connectivity index (χ4v) is 6.55. The minimum Gasteiger partial charge on any atom is -0.480 e. The van der Waals surface area contributed by atoms with E-state index in [0.29, 0.717) is 29.7 Å². The van der Waals surface area contributed by atoms with Crippen LogP contribution in [0.5, 0.6) is 5.75 Å². The maximum Gasteiger partial charge on any atom is 0.344 e. The first-order valence-electron chi connectivity index (χ1n) is 9.92. The van der Waals surface area contributed by atoms with Gasteiger partial charge in [0.25, 0.3) is 11.1 Å². The van der Waals surface area contributed by atoms with Crippen LogP contribution in [0, 0.1) is 13.1 Å². The highest BCUT2D eigenvalue weighted by molar-refractivity contribution is 14.1. The first kappa shape index (κ1) is 23.8. The van der Waals surface area contributed by atoms with Crippen LogP contribution in [0.2, 0.25) is 0 Å². The smallest absolute Gasteiger partial charge is 0.344 e. The average molecular weight is 655 g/mol. The van der Waals surface area contributed by atoms with E-state index in [9.17, 15) is 14.4 Å². The van der Waals surface area contributed by atoms with Crippen molar-refractivity contribution in [2.45, 2.75) is 39.0 Å². The number of carbonyl (C=O) groups excluding carboxylic acids is 3. The van der Waals surface area contributed by atoms with Crippen molar-refractivity contribution in [2.24, 2.45) is 5.92 Å². The molecule has 1 aliphatic carbocycles. The Labute approximate surface area is 207 Å². The quantitative estimate of drug-likeness (QED) is 0.221. The lowest BCUT2D eigenvalue weighted by Crippen LogP contribution is -2.34. The monoisotopic (exact) mass is 655 g/mol. The van der Waals surface area contributed by atoms with E-state index in [1.54, 1.807) is 13.0 Å². The first-order valence-corrected chi connectivity index (χ1v) is 12.9. The second kappa shape index (κ2) is 11.2. The Hall–Kier alpha value is -0.820. The Morgan fingerprint density at radius 1 is 1.20 bits per heavy atom. The Kier molecular flexibility index (Phi) is 8.87. The molecule has 0 N–H and O–H groups in total. The molecule has 1 saturated heterocycles.